The van der Waals surface area contributed by atoms with Gasteiger partial charge in [-0.15, -0.1) is 0 Å². The summed E-state index contributed by atoms with van der Waals surface area (Å²) in [6, 6.07) is 10.4. The number of hydrogen-bond acceptors (Lipinski definition) is 5. The average molecular weight is 380 g/mol. The van der Waals surface area contributed by atoms with Crippen molar-refractivity contribution < 1.29 is 27.1 Å². The van der Waals surface area contributed by atoms with Gasteiger partial charge in [0, 0.05) is 19.8 Å². The molecule has 0 spiro atoms. The zero-order chi connectivity index (χ0) is 19.3. The smallest absolute Gasteiger partial charge is 0.338 e. The first-order chi connectivity index (χ1) is 12.2. The Labute approximate surface area is 150 Å². The number of nitrogens with zero attached hydrogens (tertiary/aromatic N) is 1. The summed E-state index contributed by atoms with van der Waals surface area (Å²) < 4.78 is 42.9. The molecule has 0 atom stereocenters. The summed E-state index contributed by atoms with van der Waals surface area (Å²) in [6.07, 6.45) is 0. The number of esters is 1. The van der Waals surface area contributed by atoms with E-state index in [0.717, 1.165) is 4.31 Å². The number of hydrogen-bond donors (Lipinski definition) is 1. The van der Waals surface area contributed by atoms with Crippen molar-refractivity contribution in [2.75, 3.05) is 26.0 Å². The van der Waals surface area contributed by atoms with E-state index in [1.807, 2.05) is 0 Å². The lowest BCUT2D eigenvalue weighted by molar-refractivity contribution is -0.119. The molecule has 0 saturated heterocycles. The minimum Gasteiger partial charge on any atom is -0.452 e. The van der Waals surface area contributed by atoms with Crippen LogP contribution in [0.4, 0.5) is 10.1 Å². The monoisotopic (exact) mass is 380 g/mol. The van der Waals surface area contributed by atoms with Gasteiger partial charge in [0.25, 0.3) is 5.91 Å². The zero-order valence-corrected chi connectivity index (χ0v) is 14.9. The normalized spacial score (nSPS) is 11.2. The summed E-state index contributed by atoms with van der Waals surface area (Å²) in [7, 11) is -0.943. The van der Waals surface area contributed by atoms with E-state index >= 15 is 0 Å². The highest BCUT2D eigenvalue weighted by Crippen LogP contribution is 2.15. The number of carbonyl (C=O) groups excluding carboxylic acids is 2. The van der Waals surface area contributed by atoms with E-state index in [1.165, 1.54) is 62.6 Å². The van der Waals surface area contributed by atoms with Crippen molar-refractivity contribution in [2.45, 2.75) is 4.90 Å². The number of nitrogens with one attached hydrogen (secondary N) is 1. The molecule has 26 heavy (non-hydrogen) atoms. The Bertz CT molecular complexity index is 911. The van der Waals surface area contributed by atoms with Crippen molar-refractivity contribution >= 4 is 27.6 Å². The van der Waals surface area contributed by atoms with Crippen LogP contribution in [0, 0.1) is 5.82 Å². The molecule has 2 aromatic rings. The van der Waals surface area contributed by atoms with E-state index in [-0.39, 0.29) is 10.5 Å². The fourth-order valence-electron chi connectivity index (χ4n) is 1.94. The van der Waals surface area contributed by atoms with Gasteiger partial charge in [0.05, 0.1) is 10.5 Å². The second-order valence-electron chi connectivity index (χ2n) is 5.45. The molecule has 2 rings (SSSR count). The number of carbonyl (C=O) groups is 2. The molecular formula is C17H17FN2O5S. The number of ether oxygens (including phenoxy) is 1. The first kappa shape index (κ1) is 19.5. The van der Waals surface area contributed by atoms with Gasteiger partial charge in [-0.3, -0.25) is 4.79 Å². The van der Waals surface area contributed by atoms with Gasteiger partial charge in [-0.1, -0.05) is 6.07 Å². The predicted molar refractivity (Wildman–Crippen MR) is 92.6 cm³/mol. The maximum absolute atomic E-state index is 12.8. The lowest BCUT2D eigenvalue weighted by Crippen LogP contribution is -2.23. The third-order valence-electron chi connectivity index (χ3n) is 3.31. The van der Waals surface area contributed by atoms with Crippen LogP contribution in [0.5, 0.6) is 0 Å². The number of halogens is 1. The number of amides is 1. The lowest BCUT2D eigenvalue weighted by Gasteiger charge is -2.12. The van der Waals surface area contributed by atoms with Crippen LogP contribution in [0.3, 0.4) is 0 Å². The molecule has 0 aliphatic heterocycles. The Morgan fingerprint density at radius 3 is 2.38 bits per heavy atom. The molecule has 0 heterocycles. The topological polar surface area (TPSA) is 92.8 Å². The van der Waals surface area contributed by atoms with Crippen LogP contribution in [0.1, 0.15) is 10.4 Å². The van der Waals surface area contributed by atoms with Crippen LogP contribution in [-0.4, -0.2) is 45.3 Å². The number of sulfonamides is 1. The molecule has 1 amide bonds. The minimum absolute atomic E-state index is 0.00232. The van der Waals surface area contributed by atoms with Crippen LogP contribution >= 0.6 is 0 Å². The fourth-order valence-corrected chi connectivity index (χ4v) is 2.89. The quantitative estimate of drug-likeness (QED) is 0.773. The van der Waals surface area contributed by atoms with Crippen LogP contribution in [0.15, 0.2) is 53.4 Å². The highest BCUT2D eigenvalue weighted by atomic mass is 32.2. The molecule has 7 nitrogen and oxygen atoms in total. The molecule has 0 fully saturated rings. The van der Waals surface area contributed by atoms with E-state index in [2.05, 4.69) is 5.32 Å². The Balaban J connectivity index is 1.99. The molecule has 2 aromatic carbocycles. The fraction of sp³-hybridized carbons (Fsp3) is 0.176. The molecule has 0 aliphatic carbocycles. The van der Waals surface area contributed by atoms with Gasteiger partial charge in [-0.2, -0.15) is 0 Å². The van der Waals surface area contributed by atoms with E-state index < -0.39 is 34.3 Å². The van der Waals surface area contributed by atoms with Crippen molar-refractivity contribution in [1.82, 2.24) is 4.31 Å². The Kier molecular flexibility index (Phi) is 6.06. The molecule has 0 aromatic heterocycles. The first-order valence-electron chi connectivity index (χ1n) is 7.45. The highest BCUT2D eigenvalue weighted by Gasteiger charge is 2.19. The van der Waals surface area contributed by atoms with Crippen molar-refractivity contribution in [3.63, 3.8) is 0 Å². The Hall–Kier alpha value is -2.78. The van der Waals surface area contributed by atoms with Crippen LogP contribution in [-0.2, 0) is 19.6 Å². The van der Waals surface area contributed by atoms with E-state index in [9.17, 15) is 22.4 Å². The molecule has 138 valence electrons. The molecule has 9 heteroatoms. The summed E-state index contributed by atoms with van der Waals surface area (Å²) in [4.78, 5) is 23.7. The van der Waals surface area contributed by atoms with Crippen molar-refractivity contribution in [3.8, 4) is 0 Å². The second-order valence-corrected chi connectivity index (χ2v) is 7.60. The van der Waals surface area contributed by atoms with Gasteiger partial charge in [0.15, 0.2) is 6.61 Å². The first-order valence-corrected chi connectivity index (χ1v) is 8.89. The summed E-state index contributed by atoms with van der Waals surface area (Å²) in [6.45, 7) is -0.569. The van der Waals surface area contributed by atoms with Crippen molar-refractivity contribution in [1.29, 1.82) is 0 Å². The summed E-state index contributed by atoms with van der Waals surface area (Å²) in [5.41, 5.74) is 0.356. The zero-order valence-electron chi connectivity index (χ0n) is 14.1. The molecule has 0 saturated carbocycles. The van der Waals surface area contributed by atoms with Crippen LogP contribution in [0.25, 0.3) is 0 Å². The lowest BCUT2D eigenvalue weighted by atomic mass is 10.2. The van der Waals surface area contributed by atoms with Gasteiger partial charge < -0.3 is 10.1 Å². The largest absolute Gasteiger partial charge is 0.452 e. The van der Waals surface area contributed by atoms with Gasteiger partial charge in [-0.25, -0.2) is 21.9 Å². The van der Waals surface area contributed by atoms with E-state index in [0.29, 0.717) is 5.69 Å². The standard InChI is InChI=1S/C17H17FN2O5S/c1-20(2)26(23,24)15-5-3-4-12(10-15)17(22)25-11-16(21)19-14-8-6-13(18)7-9-14/h3-10H,11H2,1-2H3,(H,19,21). The predicted octanol–water partition coefficient (Wildman–Crippen LogP) is 1.87. The second kappa shape index (κ2) is 8.07. The van der Waals surface area contributed by atoms with Crippen LogP contribution < -0.4 is 5.32 Å². The third kappa shape index (κ3) is 4.87. The Morgan fingerprint density at radius 1 is 1.12 bits per heavy atom. The van der Waals surface area contributed by atoms with Gasteiger partial charge in [0.1, 0.15) is 5.82 Å². The molecule has 0 radical (unpaired) electrons. The van der Waals surface area contributed by atoms with Crippen molar-refractivity contribution in [2.24, 2.45) is 0 Å². The number of anilines is 1. The maximum Gasteiger partial charge on any atom is 0.338 e. The summed E-state index contributed by atoms with van der Waals surface area (Å²) >= 11 is 0. The van der Waals surface area contributed by atoms with Crippen LogP contribution in [0.2, 0.25) is 0 Å². The number of benzene rings is 2. The average Bonchev–Trinajstić information content (AvgIpc) is 2.61. The van der Waals surface area contributed by atoms with E-state index in [1.54, 1.807) is 0 Å². The molecule has 1 N–H and O–H groups in total. The van der Waals surface area contributed by atoms with Gasteiger partial charge >= 0.3 is 5.97 Å². The summed E-state index contributed by atoms with van der Waals surface area (Å²) in [5, 5.41) is 2.44. The van der Waals surface area contributed by atoms with E-state index in [4.69, 9.17) is 4.74 Å². The highest BCUT2D eigenvalue weighted by molar-refractivity contribution is 7.89. The Morgan fingerprint density at radius 2 is 1.77 bits per heavy atom. The van der Waals surface area contributed by atoms with Gasteiger partial charge in [-0.05, 0) is 42.5 Å². The minimum atomic E-state index is -3.69. The number of rotatable bonds is 6. The van der Waals surface area contributed by atoms with Crippen molar-refractivity contribution in [3.05, 3.63) is 59.9 Å². The molecular weight excluding hydrogens is 363 g/mol. The third-order valence-corrected chi connectivity index (χ3v) is 5.12. The summed E-state index contributed by atoms with van der Waals surface area (Å²) in [5.74, 6) is -1.89. The maximum atomic E-state index is 12.8. The molecule has 0 aliphatic rings. The SMILES string of the molecule is CN(C)S(=O)(=O)c1cccc(C(=O)OCC(=O)Nc2ccc(F)cc2)c1. The molecule has 0 unspecified atom stereocenters. The molecule has 0 bridgehead atoms. The van der Waals surface area contributed by atoms with Gasteiger partial charge in [0.2, 0.25) is 10.0 Å².